The van der Waals surface area contributed by atoms with E-state index in [0.29, 0.717) is 5.69 Å². The van der Waals surface area contributed by atoms with Crippen molar-refractivity contribution in [3.8, 4) is 10.6 Å². The van der Waals surface area contributed by atoms with Gasteiger partial charge < -0.3 is 4.90 Å². The molecule has 0 atom stereocenters. The van der Waals surface area contributed by atoms with Crippen LogP contribution in [-0.4, -0.2) is 42.6 Å². The lowest BCUT2D eigenvalue weighted by Gasteiger charge is -2.36. The number of nitrogens with zero attached hydrogens (tertiary/aromatic N) is 3. The van der Waals surface area contributed by atoms with E-state index in [1.165, 1.54) is 21.9 Å². The third-order valence-corrected chi connectivity index (χ3v) is 6.69. The summed E-state index contributed by atoms with van der Waals surface area (Å²) in [6, 6.07) is 9.92. The summed E-state index contributed by atoms with van der Waals surface area (Å²) in [6.45, 7) is 4.18. The number of anilines is 1. The first-order valence-electron chi connectivity index (χ1n) is 9.11. The molecule has 3 nitrogen and oxygen atoms in total. The molecule has 2 aromatic heterocycles. The van der Waals surface area contributed by atoms with E-state index in [9.17, 15) is 13.2 Å². The number of rotatable bonds is 5. The summed E-state index contributed by atoms with van der Waals surface area (Å²) in [5.74, 6) is 0. The highest BCUT2D eigenvalue weighted by atomic mass is 32.1. The first-order chi connectivity index (χ1) is 13.5. The molecular formula is C20H20F3N3S2. The molecular weight excluding hydrogens is 403 g/mol. The molecule has 0 radical (unpaired) electrons. The van der Waals surface area contributed by atoms with Crippen molar-refractivity contribution in [1.29, 1.82) is 0 Å². The minimum absolute atomic E-state index is 0.582. The van der Waals surface area contributed by atoms with Crippen LogP contribution in [0.4, 0.5) is 18.9 Å². The van der Waals surface area contributed by atoms with Crippen molar-refractivity contribution in [1.82, 2.24) is 9.88 Å². The minimum atomic E-state index is -4.30. The van der Waals surface area contributed by atoms with E-state index in [0.717, 1.165) is 50.9 Å². The standard InChI is InChI=1S/C20H20F3N3S2/c21-20(22,23)15-2-1-3-16(12-15)26-10-8-25(9-11-26)7-6-17-4-5-19(28-17)18-13-27-14-24-18/h1-5,12-14H,6-11H2. The van der Waals surface area contributed by atoms with Crippen LogP contribution in [0.2, 0.25) is 0 Å². The predicted octanol–water partition coefficient (Wildman–Crippen LogP) is 5.26. The zero-order valence-corrected chi connectivity index (χ0v) is 16.8. The predicted molar refractivity (Wildman–Crippen MR) is 109 cm³/mol. The molecule has 0 unspecified atom stereocenters. The van der Waals surface area contributed by atoms with Gasteiger partial charge in [0.1, 0.15) is 0 Å². The van der Waals surface area contributed by atoms with Crippen molar-refractivity contribution in [2.24, 2.45) is 0 Å². The van der Waals surface area contributed by atoms with Crippen molar-refractivity contribution in [2.45, 2.75) is 12.6 Å². The normalized spacial score (nSPS) is 15.9. The number of thiophene rings is 1. The van der Waals surface area contributed by atoms with Crippen LogP contribution in [0.25, 0.3) is 10.6 Å². The van der Waals surface area contributed by atoms with Crippen LogP contribution in [0.15, 0.2) is 47.3 Å². The quantitative estimate of drug-likeness (QED) is 0.558. The Balaban J connectivity index is 1.29. The summed E-state index contributed by atoms with van der Waals surface area (Å²) in [6.07, 6.45) is -3.31. The van der Waals surface area contributed by atoms with Gasteiger partial charge in [0.25, 0.3) is 0 Å². The van der Waals surface area contributed by atoms with Gasteiger partial charge in [-0.05, 0) is 36.8 Å². The summed E-state index contributed by atoms with van der Waals surface area (Å²) in [5, 5.41) is 2.06. The van der Waals surface area contributed by atoms with E-state index in [4.69, 9.17) is 0 Å². The molecule has 0 aliphatic carbocycles. The van der Waals surface area contributed by atoms with Crippen molar-refractivity contribution in [3.05, 3.63) is 57.7 Å². The lowest BCUT2D eigenvalue weighted by atomic mass is 10.1. The second-order valence-electron chi connectivity index (χ2n) is 6.77. The fourth-order valence-electron chi connectivity index (χ4n) is 3.36. The van der Waals surface area contributed by atoms with Crippen molar-refractivity contribution < 1.29 is 13.2 Å². The molecule has 0 spiro atoms. The molecule has 8 heteroatoms. The third kappa shape index (κ3) is 4.56. The Morgan fingerprint density at radius 2 is 1.86 bits per heavy atom. The Labute approximate surface area is 170 Å². The van der Waals surface area contributed by atoms with Gasteiger partial charge in [0.15, 0.2) is 0 Å². The number of alkyl halides is 3. The Bertz CT molecular complexity index is 898. The van der Waals surface area contributed by atoms with Gasteiger partial charge in [0.2, 0.25) is 0 Å². The van der Waals surface area contributed by atoms with Gasteiger partial charge in [-0.25, -0.2) is 4.98 Å². The largest absolute Gasteiger partial charge is 0.416 e. The van der Waals surface area contributed by atoms with Crippen molar-refractivity contribution >= 4 is 28.4 Å². The maximum absolute atomic E-state index is 12.9. The minimum Gasteiger partial charge on any atom is -0.369 e. The van der Waals surface area contributed by atoms with Crippen LogP contribution in [0.3, 0.4) is 0 Å². The fourth-order valence-corrected chi connectivity index (χ4v) is 4.95. The lowest BCUT2D eigenvalue weighted by molar-refractivity contribution is -0.137. The van der Waals surface area contributed by atoms with Crippen LogP contribution in [0.5, 0.6) is 0 Å². The van der Waals surface area contributed by atoms with Gasteiger partial charge in [-0.1, -0.05) is 6.07 Å². The van der Waals surface area contributed by atoms with Gasteiger partial charge in [-0.15, -0.1) is 22.7 Å². The number of hydrogen-bond donors (Lipinski definition) is 0. The summed E-state index contributed by atoms with van der Waals surface area (Å²) in [4.78, 5) is 11.3. The number of benzene rings is 1. The molecule has 1 aliphatic heterocycles. The number of aromatic nitrogens is 1. The number of piperazine rings is 1. The van der Waals surface area contributed by atoms with Crippen LogP contribution in [-0.2, 0) is 12.6 Å². The Morgan fingerprint density at radius 3 is 2.57 bits per heavy atom. The van der Waals surface area contributed by atoms with Gasteiger partial charge >= 0.3 is 6.18 Å². The van der Waals surface area contributed by atoms with E-state index >= 15 is 0 Å². The molecule has 1 aromatic carbocycles. The Hall–Kier alpha value is -1.90. The van der Waals surface area contributed by atoms with Crippen molar-refractivity contribution in [3.63, 3.8) is 0 Å². The smallest absolute Gasteiger partial charge is 0.369 e. The van der Waals surface area contributed by atoms with Crippen LogP contribution in [0.1, 0.15) is 10.4 Å². The molecule has 0 bridgehead atoms. The van der Waals surface area contributed by atoms with Gasteiger partial charge in [0.05, 0.1) is 21.6 Å². The summed E-state index contributed by atoms with van der Waals surface area (Å²) < 4.78 is 38.8. The molecule has 3 aromatic rings. The van der Waals surface area contributed by atoms with Gasteiger partial charge in [-0.2, -0.15) is 13.2 Å². The molecule has 1 aliphatic rings. The van der Waals surface area contributed by atoms with Crippen molar-refractivity contribution in [2.75, 3.05) is 37.6 Å². The molecule has 28 heavy (non-hydrogen) atoms. The molecule has 0 amide bonds. The van der Waals surface area contributed by atoms with Gasteiger partial charge in [-0.3, -0.25) is 4.90 Å². The monoisotopic (exact) mass is 423 g/mol. The average molecular weight is 424 g/mol. The molecule has 148 valence electrons. The van der Waals surface area contributed by atoms with Gasteiger partial charge in [0, 0.05) is 48.7 Å². The van der Waals surface area contributed by atoms with Crippen LogP contribution < -0.4 is 4.90 Å². The number of thiazole rings is 1. The van der Waals surface area contributed by atoms with Crippen LogP contribution in [0, 0.1) is 0 Å². The van der Waals surface area contributed by atoms with E-state index in [1.807, 2.05) is 10.4 Å². The van der Waals surface area contributed by atoms with E-state index in [2.05, 4.69) is 27.4 Å². The molecule has 1 fully saturated rings. The molecule has 4 rings (SSSR count). The summed E-state index contributed by atoms with van der Waals surface area (Å²) >= 11 is 3.38. The topological polar surface area (TPSA) is 19.4 Å². The highest BCUT2D eigenvalue weighted by Gasteiger charge is 2.31. The average Bonchev–Trinajstić information content (AvgIpc) is 3.38. The zero-order valence-electron chi connectivity index (χ0n) is 15.2. The van der Waals surface area contributed by atoms with E-state index in [1.54, 1.807) is 28.7 Å². The SMILES string of the molecule is FC(F)(F)c1cccc(N2CCN(CCc3ccc(-c4cscn4)s3)CC2)c1. The molecule has 0 saturated carbocycles. The zero-order chi connectivity index (χ0) is 19.6. The second kappa shape index (κ2) is 8.23. The highest BCUT2D eigenvalue weighted by Crippen LogP contribution is 2.32. The maximum atomic E-state index is 12.9. The first-order valence-corrected chi connectivity index (χ1v) is 10.9. The number of halogens is 3. The maximum Gasteiger partial charge on any atom is 0.416 e. The third-order valence-electron chi connectivity index (χ3n) is 4.93. The summed E-state index contributed by atoms with van der Waals surface area (Å²) in [5.41, 5.74) is 2.95. The molecule has 1 saturated heterocycles. The van der Waals surface area contributed by atoms with E-state index < -0.39 is 11.7 Å². The first kappa shape index (κ1) is 19.4. The van der Waals surface area contributed by atoms with E-state index in [-0.39, 0.29) is 0 Å². The summed E-state index contributed by atoms with van der Waals surface area (Å²) in [7, 11) is 0. The highest BCUT2D eigenvalue weighted by molar-refractivity contribution is 7.16. The van der Waals surface area contributed by atoms with Crippen LogP contribution >= 0.6 is 22.7 Å². The molecule has 3 heterocycles. The fraction of sp³-hybridized carbons (Fsp3) is 0.350. The number of hydrogen-bond acceptors (Lipinski definition) is 5. The molecule has 0 N–H and O–H groups in total. The Kier molecular flexibility index (Phi) is 5.70. The lowest BCUT2D eigenvalue weighted by Crippen LogP contribution is -2.47. The second-order valence-corrected chi connectivity index (χ2v) is 8.65. The Morgan fingerprint density at radius 1 is 1.04 bits per heavy atom.